The Labute approximate surface area is 235 Å². The van der Waals surface area contributed by atoms with Crippen molar-refractivity contribution in [1.29, 1.82) is 0 Å². The Kier molecular flexibility index (Phi) is 7.94. The summed E-state index contributed by atoms with van der Waals surface area (Å²) in [7, 11) is 0. The first kappa shape index (κ1) is 28.4. The number of furan rings is 1. The highest BCUT2D eigenvalue weighted by atomic mass is 32.1. The predicted octanol–water partition coefficient (Wildman–Crippen LogP) is 8.75. The van der Waals surface area contributed by atoms with Crippen molar-refractivity contribution in [2.24, 2.45) is 0 Å². The van der Waals surface area contributed by atoms with Crippen LogP contribution in [0.5, 0.6) is 0 Å². The summed E-state index contributed by atoms with van der Waals surface area (Å²) >= 11 is 1.79. The summed E-state index contributed by atoms with van der Waals surface area (Å²) < 4.78 is 7.61. The topological polar surface area (TPSA) is 69.1 Å². The number of hydrogen-bond donors (Lipinski definition) is 0. The predicted molar refractivity (Wildman–Crippen MR) is 163 cm³/mol. The van der Waals surface area contributed by atoms with E-state index in [0.29, 0.717) is 0 Å². The van der Waals surface area contributed by atoms with Gasteiger partial charge in [-0.05, 0) is 40.7 Å². The lowest BCUT2D eigenvalue weighted by molar-refractivity contribution is 0.430. The molecule has 0 bridgehead atoms. The van der Waals surface area contributed by atoms with Gasteiger partial charge >= 0.3 is 0 Å². The lowest BCUT2D eigenvalue weighted by atomic mass is 9.89. The van der Waals surface area contributed by atoms with Crippen LogP contribution in [0.1, 0.15) is 78.5 Å². The highest BCUT2D eigenvalue weighted by Crippen LogP contribution is 2.33. The van der Waals surface area contributed by atoms with E-state index < -0.39 is 0 Å². The van der Waals surface area contributed by atoms with Crippen LogP contribution in [0, 0.1) is 0 Å². The molecule has 0 unspecified atom stereocenters. The van der Waals surface area contributed by atoms with Crippen molar-refractivity contribution in [3.63, 3.8) is 0 Å². The van der Waals surface area contributed by atoms with Crippen molar-refractivity contribution >= 4 is 38.3 Å². The molecule has 0 amide bonds. The first-order chi connectivity index (χ1) is 18.2. The molecule has 0 radical (unpaired) electrons. The Morgan fingerprint density at radius 1 is 0.744 bits per heavy atom. The van der Waals surface area contributed by atoms with Crippen molar-refractivity contribution < 1.29 is 4.42 Å². The molecule has 6 nitrogen and oxygen atoms in total. The molecule has 39 heavy (non-hydrogen) atoms. The highest BCUT2D eigenvalue weighted by molar-refractivity contribution is 7.18. The van der Waals surface area contributed by atoms with E-state index in [2.05, 4.69) is 107 Å². The third kappa shape index (κ3) is 7.09. The van der Waals surface area contributed by atoms with Crippen LogP contribution in [0.2, 0.25) is 0 Å². The average molecular weight is 542 g/mol. The molecule has 0 fully saturated rings. The summed E-state index contributed by atoms with van der Waals surface area (Å²) in [6, 6.07) is 10.4. The lowest BCUT2D eigenvalue weighted by Gasteiger charge is -2.17. The summed E-state index contributed by atoms with van der Waals surface area (Å²) in [6.45, 7) is 19.6. The van der Waals surface area contributed by atoms with E-state index >= 15 is 0 Å². The number of thiophene rings is 1. The Bertz CT molecular complexity index is 1510. The third-order valence-corrected chi connectivity index (χ3v) is 7.69. The smallest absolute Gasteiger partial charge is 0.233 e. The summed E-state index contributed by atoms with van der Waals surface area (Å²) in [4.78, 5) is 19.3. The second-order valence-corrected chi connectivity index (χ2v) is 13.8. The molecule has 6 rings (SSSR count). The van der Waals surface area contributed by atoms with Gasteiger partial charge in [-0.2, -0.15) is 0 Å². The van der Waals surface area contributed by atoms with Gasteiger partial charge in [0.1, 0.15) is 10.6 Å². The number of rotatable bonds is 0. The van der Waals surface area contributed by atoms with Crippen LogP contribution < -0.4 is 0 Å². The fourth-order valence-corrected chi connectivity index (χ4v) is 4.76. The highest BCUT2D eigenvalue weighted by Gasteiger charge is 2.19. The summed E-state index contributed by atoms with van der Waals surface area (Å²) in [6.07, 6.45) is 13.0. The van der Waals surface area contributed by atoms with Gasteiger partial charge < -0.3 is 4.42 Å². The minimum absolute atomic E-state index is 0.0685. The molecule has 204 valence electrons. The van der Waals surface area contributed by atoms with Crippen LogP contribution in [-0.2, 0) is 16.2 Å². The van der Waals surface area contributed by atoms with Gasteiger partial charge in [0.05, 0.1) is 6.20 Å². The molecule has 0 N–H and O–H groups in total. The van der Waals surface area contributed by atoms with Crippen LogP contribution in [-0.4, -0.2) is 24.3 Å². The minimum Gasteiger partial charge on any atom is -0.459 e. The lowest BCUT2D eigenvalue weighted by Crippen LogP contribution is -2.12. The second kappa shape index (κ2) is 10.9. The van der Waals surface area contributed by atoms with Crippen LogP contribution in [0.4, 0.5) is 0 Å². The normalized spacial score (nSPS) is 12.2. The van der Waals surface area contributed by atoms with Gasteiger partial charge in [0.25, 0.3) is 0 Å². The van der Waals surface area contributed by atoms with Gasteiger partial charge in [-0.1, -0.05) is 68.4 Å². The van der Waals surface area contributed by atoms with E-state index in [0.717, 1.165) is 27.3 Å². The third-order valence-electron chi connectivity index (χ3n) is 6.21. The molecule has 0 saturated carbocycles. The zero-order valence-corrected chi connectivity index (χ0v) is 25.3. The SMILES string of the molecule is CC(C)(C)c1cc2cccnc2s1.CC(C)(C)c1cc2ccncc2o1.CC(C)(C)c1cnc2nccn2c1. The first-order valence-corrected chi connectivity index (χ1v) is 14.0. The van der Waals surface area contributed by atoms with Gasteiger partial charge in [0.2, 0.25) is 5.78 Å². The zero-order chi connectivity index (χ0) is 28.4. The second-order valence-electron chi connectivity index (χ2n) is 12.8. The molecule has 0 spiro atoms. The zero-order valence-electron chi connectivity index (χ0n) is 24.5. The maximum atomic E-state index is 5.67. The number of pyridine rings is 2. The molecule has 0 atom stereocenters. The molecule has 6 aromatic heterocycles. The quantitative estimate of drug-likeness (QED) is 0.192. The minimum atomic E-state index is 0.0685. The van der Waals surface area contributed by atoms with E-state index in [4.69, 9.17) is 4.42 Å². The molecule has 0 aliphatic rings. The van der Waals surface area contributed by atoms with Crippen molar-refractivity contribution in [3.05, 3.63) is 89.9 Å². The van der Waals surface area contributed by atoms with Gasteiger partial charge in [-0.25, -0.2) is 15.0 Å². The van der Waals surface area contributed by atoms with Crippen molar-refractivity contribution in [2.45, 2.75) is 78.6 Å². The number of fused-ring (bicyclic) bond motifs is 3. The fraction of sp³-hybridized carbons (Fsp3) is 0.375. The van der Waals surface area contributed by atoms with Crippen LogP contribution in [0.15, 0.2) is 78.1 Å². The molecule has 7 heteroatoms. The molecule has 0 aromatic carbocycles. The Balaban J connectivity index is 0.000000136. The monoisotopic (exact) mass is 541 g/mol. The Hall–Kier alpha value is -3.58. The van der Waals surface area contributed by atoms with Gasteiger partial charge in [-0.3, -0.25) is 9.38 Å². The number of hydrogen-bond acceptors (Lipinski definition) is 6. The van der Waals surface area contributed by atoms with Crippen LogP contribution in [0.25, 0.3) is 27.0 Å². The molecule has 6 aromatic rings. The van der Waals surface area contributed by atoms with Gasteiger partial charge in [-0.15, -0.1) is 11.3 Å². The van der Waals surface area contributed by atoms with Gasteiger partial charge in [0.15, 0.2) is 5.58 Å². The summed E-state index contributed by atoms with van der Waals surface area (Å²) in [5, 5.41) is 2.39. The summed E-state index contributed by atoms with van der Waals surface area (Å²) in [5.74, 6) is 1.77. The van der Waals surface area contributed by atoms with E-state index in [1.165, 1.54) is 15.8 Å². The molecule has 6 heterocycles. The average Bonchev–Trinajstić information content (AvgIpc) is 3.60. The maximum Gasteiger partial charge on any atom is 0.233 e. The Morgan fingerprint density at radius 3 is 2.15 bits per heavy atom. The molecule has 0 saturated heterocycles. The van der Waals surface area contributed by atoms with Crippen molar-refractivity contribution in [1.82, 2.24) is 24.3 Å². The van der Waals surface area contributed by atoms with Crippen molar-refractivity contribution in [2.75, 3.05) is 0 Å². The van der Waals surface area contributed by atoms with E-state index in [-0.39, 0.29) is 16.2 Å². The number of nitrogens with zero attached hydrogens (tertiary/aromatic N) is 5. The van der Waals surface area contributed by atoms with E-state index in [1.54, 1.807) is 29.9 Å². The molecule has 0 aliphatic heterocycles. The standard InChI is InChI=1S/C11H13NO.C11H13NS.C10H13N3/c1-11(2,3)10-6-8-4-5-12-7-9(8)13-10;1-11(2,3)9-7-8-5-4-6-12-10(8)13-9;1-10(2,3)8-6-12-9-11-4-5-13(9)7-8/h3*4-7H,1-3H3. The number of aromatic nitrogens is 5. The fourth-order valence-electron chi connectivity index (χ4n) is 3.70. The van der Waals surface area contributed by atoms with E-state index in [1.807, 2.05) is 35.1 Å². The number of imidazole rings is 1. The van der Waals surface area contributed by atoms with E-state index in [9.17, 15) is 0 Å². The molecule has 0 aliphatic carbocycles. The molecular weight excluding hydrogens is 502 g/mol. The first-order valence-electron chi connectivity index (χ1n) is 13.2. The largest absolute Gasteiger partial charge is 0.459 e. The van der Waals surface area contributed by atoms with Crippen LogP contribution >= 0.6 is 11.3 Å². The van der Waals surface area contributed by atoms with Crippen molar-refractivity contribution in [3.8, 4) is 0 Å². The molecular formula is C32H39N5OS. The Morgan fingerprint density at radius 2 is 1.51 bits per heavy atom. The van der Waals surface area contributed by atoms with Crippen LogP contribution in [0.3, 0.4) is 0 Å². The summed E-state index contributed by atoms with van der Waals surface area (Å²) in [5.41, 5.74) is 2.54. The maximum absolute atomic E-state index is 5.67. The van der Waals surface area contributed by atoms with Gasteiger partial charge in [0, 0.05) is 58.2 Å².